The van der Waals surface area contributed by atoms with Gasteiger partial charge in [-0.05, 0) is 24.6 Å². The quantitative estimate of drug-likeness (QED) is 0.767. The van der Waals surface area contributed by atoms with Crippen LogP contribution >= 0.6 is 0 Å². The van der Waals surface area contributed by atoms with E-state index in [1.165, 1.54) is 19.2 Å². The highest BCUT2D eigenvalue weighted by Crippen LogP contribution is 2.21. The number of methoxy groups -OCH3 is 1. The molecule has 0 radical (unpaired) electrons. The summed E-state index contributed by atoms with van der Waals surface area (Å²) in [4.78, 5) is 11.4. The summed E-state index contributed by atoms with van der Waals surface area (Å²) in [5, 5.41) is 9.11. The van der Waals surface area contributed by atoms with E-state index in [2.05, 4.69) is 4.74 Å². The standard InChI is InChI=1S/C11H14O4/c1-3-15-10(11(13)14-2)8-4-6-9(12)7-5-8/h4-7,10,12H,3H2,1-2H3. The Morgan fingerprint density at radius 1 is 1.40 bits per heavy atom. The first-order valence-electron chi connectivity index (χ1n) is 4.67. The fourth-order valence-corrected chi connectivity index (χ4v) is 1.22. The Labute approximate surface area is 88.4 Å². The highest BCUT2D eigenvalue weighted by Gasteiger charge is 2.21. The van der Waals surface area contributed by atoms with Gasteiger partial charge in [-0.3, -0.25) is 0 Å². The molecule has 1 unspecified atom stereocenters. The van der Waals surface area contributed by atoms with Gasteiger partial charge in [-0.2, -0.15) is 0 Å². The SMILES string of the molecule is CCOC(C(=O)OC)c1ccc(O)cc1. The van der Waals surface area contributed by atoms with Crippen molar-refractivity contribution in [3.63, 3.8) is 0 Å². The van der Waals surface area contributed by atoms with Crippen molar-refractivity contribution in [2.75, 3.05) is 13.7 Å². The third-order valence-electron chi connectivity index (χ3n) is 1.94. The zero-order chi connectivity index (χ0) is 11.3. The van der Waals surface area contributed by atoms with E-state index in [0.29, 0.717) is 12.2 Å². The lowest BCUT2D eigenvalue weighted by molar-refractivity contribution is -0.154. The molecule has 0 fully saturated rings. The minimum absolute atomic E-state index is 0.152. The largest absolute Gasteiger partial charge is 0.508 e. The molecule has 0 aliphatic heterocycles. The second kappa shape index (κ2) is 5.36. The van der Waals surface area contributed by atoms with Crippen LogP contribution in [-0.2, 0) is 14.3 Å². The molecule has 82 valence electrons. The summed E-state index contributed by atoms with van der Waals surface area (Å²) in [5.41, 5.74) is 0.668. The molecule has 4 nitrogen and oxygen atoms in total. The molecule has 1 aromatic rings. The number of hydrogen-bond donors (Lipinski definition) is 1. The van der Waals surface area contributed by atoms with Gasteiger partial charge in [-0.15, -0.1) is 0 Å². The topological polar surface area (TPSA) is 55.8 Å². The molecule has 15 heavy (non-hydrogen) atoms. The molecule has 1 atom stereocenters. The van der Waals surface area contributed by atoms with Crippen LogP contribution in [0.2, 0.25) is 0 Å². The van der Waals surface area contributed by atoms with Crippen LogP contribution in [0.1, 0.15) is 18.6 Å². The van der Waals surface area contributed by atoms with E-state index >= 15 is 0 Å². The van der Waals surface area contributed by atoms with E-state index in [0.717, 1.165) is 0 Å². The van der Waals surface area contributed by atoms with Crippen molar-refractivity contribution in [3.05, 3.63) is 29.8 Å². The summed E-state index contributed by atoms with van der Waals surface area (Å²) in [7, 11) is 1.31. The van der Waals surface area contributed by atoms with Crippen LogP contribution in [0.3, 0.4) is 0 Å². The first kappa shape index (κ1) is 11.5. The van der Waals surface area contributed by atoms with Crippen molar-refractivity contribution in [2.45, 2.75) is 13.0 Å². The van der Waals surface area contributed by atoms with E-state index in [9.17, 15) is 4.79 Å². The molecule has 4 heteroatoms. The van der Waals surface area contributed by atoms with Gasteiger partial charge in [-0.25, -0.2) is 4.79 Å². The van der Waals surface area contributed by atoms with Crippen molar-refractivity contribution in [1.82, 2.24) is 0 Å². The summed E-state index contributed by atoms with van der Waals surface area (Å²) in [6.07, 6.45) is -0.722. The normalized spacial score (nSPS) is 12.1. The molecule has 0 saturated heterocycles. The maximum absolute atomic E-state index is 11.4. The number of esters is 1. The van der Waals surface area contributed by atoms with E-state index in [1.807, 2.05) is 0 Å². The molecule has 0 aliphatic rings. The highest BCUT2D eigenvalue weighted by atomic mass is 16.6. The number of rotatable bonds is 4. The number of ether oxygens (including phenoxy) is 2. The lowest BCUT2D eigenvalue weighted by atomic mass is 10.1. The molecule has 0 amide bonds. The van der Waals surface area contributed by atoms with Crippen LogP contribution < -0.4 is 0 Å². The smallest absolute Gasteiger partial charge is 0.339 e. The first-order valence-corrected chi connectivity index (χ1v) is 4.67. The lowest BCUT2D eigenvalue weighted by Gasteiger charge is -2.14. The van der Waals surface area contributed by atoms with Crippen molar-refractivity contribution in [2.24, 2.45) is 0 Å². The Bertz CT molecular complexity index is 318. The fourth-order valence-electron chi connectivity index (χ4n) is 1.22. The van der Waals surface area contributed by atoms with Crippen LogP contribution in [-0.4, -0.2) is 24.8 Å². The fraction of sp³-hybridized carbons (Fsp3) is 0.364. The van der Waals surface area contributed by atoms with Crippen LogP contribution in [0.25, 0.3) is 0 Å². The minimum atomic E-state index is -0.722. The molecule has 1 rings (SSSR count). The molecule has 0 spiro atoms. The van der Waals surface area contributed by atoms with Gasteiger partial charge in [0.1, 0.15) is 5.75 Å². The molecule has 1 N–H and O–H groups in total. The Morgan fingerprint density at radius 3 is 2.47 bits per heavy atom. The van der Waals surface area contributed by atoms with Gasteiger partial charge in [0.05, 0.1) is 7.11 Å². The second-order valence-corrected chi connectivity index (χ2v) is 2.95. The summed E-state index contributed by atoms with van der Waals surface area (Å²) in [6.45, 7) is 2.22. The van der Waals surface area contributed by atoms with Crippen LogP contribution in [0.4, 0.5) is 0 Å². The van der Waals surface area contributed by atoms with Gasteiger partial charge in [-0.1, -0.05) is 12.1 Å². The Kier molecular flexibility index (Phi) is 4.12. The Balaban J connectivity index is 2.88. The van der Waals surface area contributed by atoms with Crippen molar-refractivity contribution in [3.8, 4) is 5.75 Å². The highest BCUT2D eigenvalue weighted by molar-refractivity contribution is 5.76. The molecule has 1 aromatic carbocycles. The van der Waals surface area contributed by atoms with E-state index in [-0.39, 0.29) is 5.75 Å². The van der Waals surface area contributed by atoms with Crippen molar-refractivity contribution in [1.29, 1.82) is 0 Å². The van der Waals surface area contributed by atoms with E-state index < -0.39 is 12.1 Å². The van der Waals surface area contributed by atoms with Gasteiger partial charge in [0.2, 0.25) is 0 Å². The minimum Gasteiger partial charge on any atom is -0.508 e. The summed E-state index contributed by atoms with van der Waals surface area (Å²) < 4.78 is 9.89. The predicted octanol–water partition coefficient (Wildman–Crippen LogP) is 1.64. The Morgan fingerprint density at radius 2 is 2.00 bits per heavy atom. The zero-order valence-corrected chi connectivity index (χ0v) is 8.77. The van der Waals surface area contributed by atoms with E-state index in [4.69, 9.17) is 9.84 Å². The number of carbonyl (C=O) groups is 1. The third-order valence-corrected chi connectivity index (χ3v) is 1.94. The maximum Gasteiger partial charge on any atom is 0.339 e. The molecule has 0 saturated carbocycles. The number of phenols is 1. The van der Waals surface area contributed by atoms with E-state index in [1.54, 1.807) is 19.1 Å². The molecular formula is C11H14O4. The monoisotopic (exact) mass is 210 g/mol. The molecule has 0 heterocycles. The summed E-state index contributed by atoms with van der Waals surface area (Å²) in [6, 6.07) is 6.27. The zero-order valence-electron chi connectivity index (χ0n) is 8.77. The molecule has 0 bridgehead atoms. The van der Waals surface area contributed by atoms with Gasteiger partial charge in [0.15, 0.2) is 6.10 Å². The first-order chi connectivity index (χ1) is 7.19. The van der Waals surface area contributed by atoms with Crippen molar-refractivity contribution < 1.29 is 19.4 Å². The number of phenolic OH excluding ortho intramolecular Hbond substituents is 1. The number of hydrogen-bond acceptors (Lipinski definition) is 4. The number of carbonyl (C=O) groups excluding carboxylic acids is 1. The number of aromatic hydroxyl groups is 1. The third kappa shape index (κ3) is 2.95. The van der Waals surface area contributed by atoms with Crippen LogP contribution in [0.5, 0.6) is 5.75 Å². The molecule has 0 aliphatic carbocycles. The van der Waals surface area contributed by atoms with Gasteiger partial charge < -0.3 is 14.6 Å². The molecular weight excluding hydrogens is 196 g/mol. The second-order valence-electron chi connectivity index (χ2n) is 2.95. The number of benzene rings is 1. The predicted molar refractivity (Wildman–Crippen MR) is 54.5 cm³/mol. The summed E-state index contributed by atoms with van der Waals surface area (Å²) >= 11 is 0. The molecule has 0 aromatic heterocycles. The van der Waals surface area contributed by atoms with Gasteiger partial charge >= 0.3 is 5.97 Å². The van der Waals surface area contributed by atoms with Crippen LogP contribution in [0, 0.1) is 0 Å². The lowest BCUT2D eigenvalue weighted by Crippen LogP contribution is -2.17. The van der Waals surface area contributed by atoms with Crippen LogP contribution in [0.15, 0.2) is 24.3 Å². The maximum atomic E-state index is 11.4. The van der Waals surface area contributed by atoms with Gasteiger partial charge in [0.25, 0.3) is 0 Å². The summed E-state index contributed by atoms with van der Waals surface area (Å²) in [5.74, 6) is -0.290. The van der Waals surface area contributed by atoms with Gasteiger partial charge in [0, 0.05) is 6.61 Å². The Hall–Kier alpha value is -1.55. The average Bonchev–Trinajstić information content (AvgIpc) is 2.26. The van der Waals surface area contributed by atoms with Crippen molar-refractivity contribution >= 4 is 5.97 Å². The average molecular weight is 210 g/mol.